The second-order valence-electron chi connectivity index (χ2n) is 7.90. The number of nitrogens with zero attached hydrogens (tertiary/aromatic N) is 1. The number of anilines is 2. The minimum atomic E-state index is -0.656. The Bertz CT molecular complexity index is 1180. The van der Waals surface area contributed by atoms with Gasteiger partial charge in [-0.1, -0.05) is 59.6 Å². The maximum Gasteiger partial charge on any atom is 0.228 e. The maximum absolute atomic E-state index is 14.3. The molecule has 0 saturated carbocycles. The summed E-state index contributed by atoms with van der Waals surface area (Å²) in [5.41, 5.74) is 1.91. The van der Waals surface area contributed by atoms with E-state index in [2.05, 4.69) is 5.32 Å². The van der Waals surface area contributed by atoms with E-state index in [4.69, 9.17) is 23.2 Å². The van der Waals surface area contributed by atoms with Gasteiger partial charge in [0.15, 0.2) is 0 Å². The molecule has 0 aromatic heterocycles. The van der Waals surface area contributed by atoms with Crippen LogP contribution in [0.4, 0.5) is 20.2 Å². The Morgan fingerprint density at radius 1 is 1.03 bits per heavy atom. The van der Waals surface area contributed by atoms with Crippen LogP contribution in [-0.4, -0.2) is 18.4 Å². The van der Waals surface area contributed by atoms with Crippen LogP contribution in [0.15, 0.2) is 60.7 Å². The van der Waals surface area contributed by atoms with E-state index in [0.29, 0.717) is 23.4 Å². The average molecular weight is 489 g/mol. The van der Waals surface area contributed by atoms with Crippen molar-refractivity contribution in [1.82, 2.24) is 0 Å². The molecule has 1 heterocycles. The molecule has 8 heteroatoms. The fourth-order valence-electron chi connectivity index (χ4n) is 4.03. The average Bonchev–Trinajstić information content (AvgIpc) is 2.75. The molecule has 1 atom stereocenters. The van der Waals surface area contributed by atoms with E-state index in [-0.39, 0.29) is 47.2 Å². The highest BCUT2D eigenvalue weighted by atomic mass is 35.5. The van der Waals surface area contributed by atoms with E-state index >= 15 is 0 Å². The first-order chi connectivity index (χ1) is 15.8. The van der Waals surface area contributed by atoms with E-state index in [0.717, 1.165) is 11.6 Å². The topological polar surface area (TPSA) is 49.4 Å². The van der Waals surface area contributed by atoms with Crippen LogP contribution < -0.4 is 10.2 Å². The second kappa shape index (κ2) is 9.89. The van der Waals surface area contributed by atoms with Crippen LogP contribution >= 0.6 is 23.2 Å². The van der Waals surface area contributed by atoms with Gasteiger partial charge in [0.2, 0.25) is 11.8 Å². The Kier molecular flexibility index (Phi) is 6.96. The lowest BCUT2D eigenvalue weighted by Gasteiger charge is -2.34. The number of piperidine rings is 1. The number of amides is 2. The zero-order valence-corrected chi connectivity index (χ0v) is 19.0. The van der Waals surface area contributed by atoms with Gasteiger partial charge in [0.1, 0.15) is 11.6 Å². The van der Waals surface area contributed by atoms with Gasteiger partial charge in [-0.3, -0.25) is 9.59 Å². The zero-order chi connectivity index (χ0) is 23.5. The lowest BCUT2D eigenvalue weighted by atomic mass is 9.89. The van der Waals surface area contributed by atoms with Gasteiger partial charge in [-0.25, -0.2) is 8.78 Å². The molecule has 0 radical (unpaired) electrons. The molecule has 1 aliphatic heterocycles. The first kappa shape index (κ1) is 23.2. The Morgan fingerprint density at radius 2 is 1.73 bits per heavy atom. The fraction of sp³-hybridized carbons (Fsp3) is 0.200. The molecule has 1 fully saturated rings. The third kappa shape index (κ3) is 5.34. The van der Waals surface area contributed by atoms with Crippen molar-refractivity contribution >= 4 is 46.4 Å². The third-order valence-corrected chi connectivity index (χ3v) is 6.17. The molecule has 4 rings (SSSR count). The predicted molar refractivity (Wildman–Crippen MR) is 126 cm³/mol. The molecule has 33 heavy (non-hydrogen) atoms. The van der Waals surface area contributed by atoms with Crippen molar-refractivity contribution in [3.63, 3.8) is 0 Å². The number of carbonyl (C=O) groups is 2. The summed E-state index contributed by atoms with van der Waals surface area (Å²) in [7, 11) is 0. The summed E-state index contributed by atoms with van der Waals surface area (Å²) >= 11 is 12.9. The standard InChI is InChI=1S/C25H20Cl2F2N2O2/c26-20-12-18(30-23(32)10-15-4-2-1-3-5-15)13-21(27)25(20)31-14-16(6-9-24(31)33)19-8-7-17(28)11-22(19)29/h1-5,7-8,11-13,16H,6,9-10,14H2,(H,30,32). The molecular weight excluding hydrogens is 469 g/mol. The summed E-state index contributed by atoms with van der Waals surface area (Å²) in [5, 5.41) is 3.14. The highest BCUT2D eigenvalue weighted by Gasteiger charge is 2.32. The van der Waals surface area contributed by atoms with Gasteiger partial charge in [-0.2, -0.15) is 0 Å². The first-order valence-electron chi connectivity index (χ1n) is 10.4. The minimum Gasteiger partial charge on any atom is -0.326 e. The van der Waals surface area contributed by atoms with Crippen molar-refractivity contribution in [2.45, 2.75) is 25.2 Å². The highest BCUT2D eigenvalue weighted by molar-refractivity contribution is 6.40. The van der Waals surface area contributed by atoms with Crippen molar-refractivity contribution in [2.24, 2.45) is 0 Å². The largest absolute Gasteiger partial charge is 0.326 e. The van der Waals surface area contributed by atoms with Crippen molar-refractivity contribution in [3.05, 3.63) is 93.5 Å². The number of benzene rings is 3. The summed E-state index contributed by atoms with van der Waals surface area (Å²) in [6.07, 6.45) is 0.789. The number of carbonyl (C=O) groups excluding carboxylic acids is 2. The number of halogens is 4. The normalized spacial score (nSPS) is 16.1. The Balaban J connectivity index is 1.54. The van der Waals surface area contributed by atoms with Gasteiger partial charge in [0.05, 0.1) is 22.2 Å². The lowest BCUT2D eigenvalue weighted by molar-refractivity contribution is -0.119. The van der Waals surface area contributed by atoms with E-state index in [1.165, 1.54) is 29.2 Å². The van der Waals surface area contributed by atoms with Gasteiger partial charge in [0.25, 0.3) is 0 Å². The predicted octanol–water partition coefficient (Wildman–Crippen LogP) is 6.36. The van der Waals surface area contributed by atoms with Gasteiger partial charge in [0, 0.05) is 30.6 Å². The summed E-state index contributed by atoms with van der Waals surface area (Å²) in [6, 6.07) is 15.8. The van der Waals surface area contributed by atoms with Gasteiger partial charge in [-0.05, 0) is 35.7 Å². The van der Waals surface area contributed by atoms with Crippen LogP contribution in [-0.2, 0) is 16.0 Å². The maximum atomic E-state index is 14.3. The van der Waals surface area contributed by atoms with Crippen LogP contribution in [0.2, 0.25) is 10.0 Å². The summed E-state index contributed by atoms with van der Waals surface area (Å²) in [4.78, 5) is 26.5. The van der Waals surface area contributed by atoms with Crippen molar-refractivity contribution < 1.29 is 18.4 Å². The van der Waals surface area contributed by atoms with Crippen LogP contribution in [0.1, 0.15) is 29.9 Å². The van der Waals surface area contributed by atoms with Crippen molar-refractivity contribution in [1.29, 1.82) is 0 Å². The van der Waals surface area contributed by atoms with Gasteiger partial charge < -0.3 is 10.2 Å². The lowest BCUT2D eigenvalue weighted by Crippen LogP contribution is -2.39. The molecule has 2 amide bonds. The molecule has 1 saturated heterocycles. The van der Waals surface area contributed by atoms with Gasteiger partial charge >= 0.3 is 0 Å². The Labute approximate surface area is 200 Å². The van der Waals surface area contributed by atoms with E-state index < -0.39 is 11.6 Å². The molecule has 0 spiro atoms. The first-order valence-corrected chi connectivity index (χ1v) is 11.2. The number of rotatable bonds is 5. The van der Waals surface area contributed by atoms with E-state index in [1.54, 1.807) is 0 Å². The second-order valence-corrected chi connectivity index (χ2v) is 8.72. The smallest absolute Gasteiger partial charge is 0.228 e. The molecule has 0 bridgehead atoms. The SMILES string of the molecule is O=C(Cc1ccccc1)Nc1cc(Cl)c(N2CC(c3ccc(F)cc3F)CCC2=O)c(Cl)c1. The van der Waals surface area contributed by atoms with Gasteiger partial charge in [-0.15, -0.1) is 0 Å². The number of nitrogens with one attached hydrogen (secondary N) is 1. The van der Waals surface area contributed by atoms with Crippen LogP contribution in [0.3, 0.4) is 0 Å². The Morgan fingerprint density at radius 3 is 2.39 bits per heavy atom. The molecule has 3 aromatic carbocycles. The molecule has 3 aromatic rings. The van der Waals surface area contributed by atoms with Crippen molar-refractivity contribution in [2.75, 3.05) is 16.8 Å². The third-order valence-electron chi connectivity index (χ3n) is 5.59. The summed E-state index contributed by atoms with van der Waals surface area (Å²) in [6.45, 7) is 0.153. The molecule has 4 nitrogen and oxygen atoms in total. The van der Waals surface area contributed by atoms with Crippen molar-refractivity contribution in [3.8, 4) is 0 Å². The highest BCUT2D eigenvalue weighted by Crippen LogP contribution is 2.41. The van der Waals surface area contributed by atoms with Crippen LogP contribution in [0, 0.1) is 11.6 Å². The molecule has 1 aliphatic rings. The molecule has 1 unspecified atom stereocenters. The number of hydrogen-bond acceptors (Lipinski definition) is 2. The summed E-state index contributed by atoms with van der Waals surface area (Å²) in [5.74, 6) is -2.07. The monoisotopic (exact) mass is 488 g/mol. The summed E-state index contributed by atoms with van der Waals surface area (Å²) < 4.78 is 27.6. The minimum absolute atomic E-state index is 0.153. The molecule has 170 valence electrons. The zero-order valence-electron chi connectivity index (χ0n) is 17.5. The number of hydrogen-bond donors (Lipinski definition) is 1. The fourth-order valence-corrected chi connectivity index (χ4v) is 4.72. The Hall–Kier alpha value is -2.96. The molecule has 1 N–H and O–H groups in total. The van der Waals surface area contributed by atoms with Crippen LogP contribution in [0.5, 0.6) is 0 Å². The quantitative estimate of drug-likeness (QED) is 0.453. The molecule has 0 aliphatic carbocycles. The molecular formula is C25H20Cl2F2N2O2. The van der Waals surface area contributed by atoms with E-state index in [9.17, 15) is 18.4 Å². The van der Waals surface area contributed by atoms with E-state index in [1.807, 2.05) is 30.3 Å². The van der Waals surface area contributed by atoms with Crippen LogP contribution in [0.25, 0.3) is 0 Å².